The molecular formula is C52H71O17P. The van der Waals surface area contributed by atoms with Crippen LogP contribution in [0, 0.1) is 10.8 Å². The largest absolute Gasteiger partial charge is 0.509 e. The molecule has 0 unspecified atom stereocenters. The molecule has 17 nitrogen and oxygen atoms in total. The minimum Gasteiger partial charge on any atom is -0.454 e. The van der Waals surface area contributed by atoms with Crippen LogP contribution in [0.3, 0.4) is 0 Å². The number of hydrogen-bond acceptors (Lipinski definition) is 17. The van der Waals surface area contributed by atoms with Gasteiger partial charge in [-0.1, -0.05) is 118 Å². The molecule has 10 atom stereocenters. The SMILES string of the molecule is CCCCOP(=O)(OCCCC)O[C@H]1O[C@H](CO[C@@H]2O[C@H](COCc3ccccc3)[C@@H](OCc3ccccc3)[C@H](OCc3ccccc3)[C@H]2OC(=O)C(C)(C)C)[C@@H]2OC(=O)O[C@@H]2[C@H]1OC(=O)C(C)(C)C. The summed E-state index contributed by atoms with van der Waals surface area (Å²) >= 11 is 0. The topological polar surface area (TPSA) is 188 Å². The van der Waals surface area contributed by atoms with E-state index in [1.54, 1.807) is 41.5 Å². The third-order valence-electron chi connectivity index (χ3n) is 11.5. The van der Waals surface area contributed by atoms with Crippen molar-refractivity contribution in [2.75, 3.05) is 26.4 Å². The van der Waals surface area contributed by atoms with Crippen LogP contribution in [0.1, 0.15) is 97.8 Å². The van der Waals surface area contributed by atoms with Gasteiger partial charge in [0.1, 0.15) is 24.4 Å². The summed E-state index contributed by atoms with van der Waals surface area (Å²) in [6.07, 6.45) is -11.0. The van der Waals surface area contributed by atoms with Gasteiger partial charge < -0.3 is 47.4 Å². The van der Waals surface area contributed by atoms with Crippen LogP contribution in [0.2, 0.25) is 0 Å². The summed E-state index contributed by atoms with van der Waals surface area (Å²) in [5, 5.41) is 0. The summed E-state index contributed by atoms with van der Waals surface area (Å²) < 4.78 is 95.2. The molecule has 3 aliphatic rings. The number of phosphoric ester groups is 1. The van der Waals surface area contributed by atoms with Gasteiger partial charge in [-0.15, -0.1) is 0 Å². The number of benzene rings is 3. The molecule has 0 spiro atoms. The summed E-state index contributed by atoms with van der Waals surface area (Å²) in [5.41, 5.74) is 0.655. The van der Waals surface area contributed by atoms with Crippen molar-refractivity contribution in [1.82, 2.24) is 0 Å². The van der Waals surface area contributed by atoms with Crippen LogP contribution in [-0.2, 0) is 94.9 Å². The van der Waals surface area contributed by atoms with Crippen molar-refractivity contribution < 1.29 is 79.9 Å². The molecular weight excluding hydrogens is 928 g/mol. The quantitative estimate of drug-likeness (QED) is 0.0337. The Labute approximate surface area is 411 Å². The molecule has 3 aliphatic heterocycles. The number of hydrogen-bond donors (Lipinski definition) is 0. The Bertz CT molecular complexity index is 2100. The van der Waals surface area contributed by atoms with Gasteiger partial charge in [0.05, 0.1) is 57.1 Å². The lowest BCUT2D eigenvalue weighted by Gasteiger charge is -2.46. The maximum atomic E-state index is 14.4. The molecule has 0 saturated carbocycles. The van der Waals surface area contributed by atoms with Crippen molar-refractivity contribution in [2.45, 2.75) is 162 Å². The predicted octanol–water partition coefficient (Wildman–Crippen LogP) is 9.42. The van der Waals surface area contributed by atoms with Gasteiger partial charge in [0.15, 0.2) is 30.7 Å². The maximum absolute atomic E-state index is 14.4. The highest BCUT2D eigenvalue weighted by Crippen LogP contribution is 2.53. The van der Waals surface area contributed by atoms with Crippen LogP contribution < -0.4 is 0 Å². The Morgan fingerprint density at radius 3 is 1.54 bits per heavy atom. The van der Waals surface area contributed by atoms with E-state index in [9.17, 15) is 18.9 Å². The Hall–Kier alpha value is -4.26. The molecule has 0 aromatic heterocycles. The van der Waals surface area contributed by atoms with Crippen LogP contribution in [-0.4, -0.2) is 106 Å². The van der Waals surface area contributed by atoms with Gasteiger partial charge in [-0.05, 0) is 71.1 Å². The highest BCUT2D eigenvalue weighted by molar-refractivity contribution is 7.48. The van der Waals surface area contributed by atoms with Gasteiger partial charge in [0, 0.05) is 0 Å². The number of phosphoric acid groups is 1. The number of esters is 2. The fourth-order valence-electron chi connectivity index (χ4n) is 7.47. The highest BCUT2D eigenvalue weighted by Gasteiger charge is 2.59. The molecule has 0 N–H and O–H groups in total. The van der Waals surface area contributed by atoms with Crippen LogP contribution in [0.4, 0.5) is 4.79 Å². The molecule has 3 fully saturated rings. The van der Waals surface area contributed by atoms with Gasteiger partial charge in [-0.25, -0.2) is 9.36 Å². The zero-order chi connectivity index (χ0) is 50.3. The minimum absolute atomic E-state index is 0.00247. The fraction of sp³-hybridized carbons (Fsp3) is 0.596. The first-order valence-electron chi connectivity index (χ1n) is 24.2. The molecule has 70 heavy (non-hydrogen) atoms. The lowest BCUT2D eigenvalue weighted by atomic mass is 9.95. The minimum atomic E-state index is -4.42. The Morgan fingerprint density at radius 1 is 0.557 bits per heavy atom. The lowest BCUT2D eigenvalue weighted by molar-refractivity contribution is -0.333. The van der Waals surface area contributed by atoms with Crippen LogP contribution in [0.25, 0.3) is 0 Å². The molecule has 18 heteroatoms. The van der Waals surface area contributed by atoms with Crippen LogP contribution >= 0.6 is 7.82 Å². The molecule has 3 saturated heterocycles. The van der Waals surface area contributed by atoms with Gasteiger partial charge in [0.25, 0.3) is 0 Å². The Morgan fingerprint density at radius 2 is 1.03 bits per heavy atom. The van der Waals surface area contributed by atoms with Gasteiger partial charge in [-0.2, -0.15) is 0 Å². The third-order valence-corrected chi connectivity index (χ3v) is 12.9. The first kappa shape index (κ1) is 55.1. The van der Waals surface area contributed by atoms with E-state index in [1.165, 1.54) is 0 Å². The fourth-order valence-corrected chi connectivity index (χ4v) is 8.80. The number of fused-ring (bicyclic) bond motifs is 1. The summed E-state index contributed by atoms with van der Waals surface area (Å²) in [6, 6.07) is 28.8. The van der Waals surface area contributed by atoms with Crippen molar-refractivity contribution >= 4 is 25.9 Å². The third kappa shape index (κ3) is 15.9. The standard InChI is InChI=1S/C52H71O17P/c1-9-11-28-61-70(56,62-29-12-10-2)69-47-45(66-49(54)52(6,7)8)43-41(67-50(55)68-43)39(64-47)34-60-46-44(65-48(53)51(3,4)5)42(59-32-37-26-20-15-21-27-37)40(58-31-36-24-18-14-19-25-36)38(63-46)33-57-30-35-22-16-13-17-23-35/h13-27,38-47H,9-12,28-34H2,1-8H3/t38-,39-,40-,41+,42+,43+,44-,45-,46-,47-/m1/s1. The van der Waals surface area contributed by atoms with Crippen molar-refractivity contribution in [1.29, 1.82) is 0 Å². The molecule has 0 amide bonds. The maximum Gasteiger partial charge on any atom is 0.509 e. The smallest absolute Gasteiger partial charge is 0.454 e. The average molecular weight is 999 g/mol. The molecule has 0 bridgehead atoms. The van der Waals surface area contributed by atoms with Crippen molar-refractivity contribution in [3.05, 3.63) is 108 Å². The highest BCUT2D eigenvalue weighted by atomic mass is 31.2. The van der Waals surface area contributed by atoms with E-state index in [0.29, 0.717) is 12.8 Å². The lowest BCUT2D eigenvalue weighted by Crippen LogP contribution is -2.63. The predicted molar refractivity (Wildman–Crippen MR) is 254 cm³/mol. The van der Waals surface area contributed by atoms with Crippen molar-refractivity contribution in [2.24, 2.45) is 10.8 Å². The number of ether oxygens (including phenoxy) is 10. The van der Waals surface area contributed by atoms with Crippen LogP contribution in [0.15, 0.2) is 91.0 Å². The van der Waals surface area contributed by atoms with Crippen molar-refractivity contribution in [3.8, 4) is 0 Å². The first-order valence-corrected chi connectivity index (χ1v) is 25.7. The van der Waals surface area contributed by atoms with Gasteiger partial charge in [-0.3, -0.25) is 23.2 Å². The monoisotopic (exact) mass is 998 g/mol. The summed E-state index contributed by atoms with van der Waals surface area (Å²) in [7, 11) is -4.42. The molecule has 0 aliphatic carbocycles. The average Bonchev–Trinajstić information content (AvgIpc) is 3.73. The number of carbonyl (C=O) groups is 3. The van der Waals surface area contributed by atoms with E-state index in [4.69, 9.17) is 60.9 Å². The van der Waals surface area contributed by atoms with E-state index < -0.39 is 105 Å². The van der Waals surface area contributed by atoms with E-state index in [2.05, 4.69) is 0 Å². The summed E-state index contributed by atoms with van der Waals surface area (Å²) in [4.78, 5) is 40.5. The van der Waals surface area contributed by atoms with E-state index in [0.717, 1.165) is 29.5 Å². The summed E-state index contributed by atoms with van der Waals surface area (Å²) in [5.74, 6) is -1.26. The second kappa shape index (κ2) is 25.9. The van der Waals surface area contributed by atoms with Gasteiger partial charge >= 0.3 is 25.9 Å². The normalized spacial score (nSPS) is 25.9. The number of carbonyl (C=O) groups excluding carboxylic acids is 3. The second-order valence-electron chi connectivity index (χ2n) is 19.5. The van der Waals surface area contributed by atoms with E-state index >= 15 is 0 Å². The molecule has 3 aromatic carbocycles. The first-order chi connectivity index (χ1) is 33.5. The molecule has 3 aromatic rings. The van der Waals surface area contributed by atoms with Crippen LogP contribution in [0.5, 0.6) is 0 Å². The number of rotatable bonds is 25. The Kier molecular flexibility index (Phi) is 20.4. The van der Waals surface area contributed by atoms with E-state index in [-0.39, 0.29) is 39.6 Å². The Balaban J connectivity index is 1.36. The molecule has 0 radical (unpaired) electrons. The van der Waals surface area contributed by atoms with Gasteiger partial charge in [0.2, 0.25) is 6.29 Å². The summed E-state index contributed by atoms with van der Waals surface area (Å²) in [6.45, 7) is 14.1. The molecule has 6 rings (SSSR count). The number of unbranched alkanes of at least 4 members (excludes halogenated alkanes) is 2. The molecule has 3 heterocycles. The second-order valence-corrected chi connectivity index (χ2v) is 21.1. The zero-order valence-corrected chi connectivity index (χ0v) is 42.5. The van der Waals surface area contributed by atoms with Crippen molar-refractivity contribution in [3.63, 3.8) is 0 Å². The van der Waals surface area contributed by atoms with E-state index in [1.807, 2.05) is 105 Å². The zero-order valence-electron chi connectivity index (χ0n) is 41.6. The molecule has 386 valence electrons.